The number of piperidine rings is 1. The number of fused-ring (bicyclic) bond motifs is 1. The van der Waals surface area contributed by atoms with Gasteiger partial charge in [0.05, 0.1) is 22.6 Å². The molecule has 0 spiro atoms. The number of hydrogen-bond donors (Lipinski definition) is 2. The lowest BCUT2D eigenvalue weighted by Gasteiger charge is -2.35. The zero-order chi connectivity index (χ0) is 27.3. The number of hydrogen-bond acceptors (Lipinski definition) is 5. The van der Waals surface area contributed by atoms with Gasteiger partial charge in [-0.05, 0) is 78.5 Å². The maximum Gasteiger partial charge on any atom is 0.243 e. The lowest BCUT2D eigenvalue weighted by atomic mass is 9.86. The molecule has 0 saturated carbocycles. The van der Waals surface area contributed by atoms with Gasteiger partial charge < -0.3 is 10.6 Å². The maximum absolute atomic E-state index is 13.4. The molecule has 0 bridgehead atoms. The molecule has 7 nitrogen and oxygen atoms in total. The number of carbonyl (C=O) groups is 1. The van der Waals surface area contributed by atoms with Crippen molar-refractivity contribution in [2.75, 3.05) is 13.1 Å². The van der Waals surface area contributed by atoms with Crippen LogP contribution in [0.2, 0.25) is 0 Å². The van der Waals surface area contributed by atoms with Gasteiger partial charge in [0, 0.05) is 32.1 Å². The summed E-state index contributed by atoms with van der Waals surface area (Å²) in [5.41, 5.74) is 4.37. The molecule has 1 fully saturated rings. The van der Waals surface area contributed by atoms with E-state index in [2.05, 4.69) is 49.6 Å². The van der Waals surface area contributed by atoms with E-state index in [4.69, 9.17) is 5.26 Å². The second-order valence-corrected chi connectivity index (χ2v) is 13.7. The Bertz CT molecular complexity index is 1280. The molecule has 2 aromatic rings. The topological polar surface area (TPSA) is 102 Å². The lowest BCUT2D eigenvalue weighted by Crippen LogP contribution is -2.46. The molecule has 2 N–H and O–H groups in total. The highest BCUT2D eigenvalue weighted by atomic mass is 32.2. The molecule has 1 heterocycles. The van der Waals surface area contributed by atoms with Crippen molar-refractivity contribution in [1.29, 1.82) is 5.26 Å². The number of nitrogens with zero attached hydrogens (tertiary/aromatic N) is 2. The summed E-state index contributed by atoms with van der Waals surface area (Å²) in [7, 11) is -3.75. The highest BCUT2D eigenvalue weighted by molar-refractivity contribution is 7.89. The highest BCUT2D eigenvalue weighted by Gasteiger charge is 2.35. The number of aryl methyl sites for hydroxylation is 1. The summed E-state index contributed by atoms with van der Waals surface area (Å²) >= 11 is 0. The Morgan fingerprint density at radius 1 is 1.08 bits per heavy atom. The van der Waals surface area contributed by atoms with Crippen LogP contribution < -0.4 is 10.6 Å². The monoisotopic (exact) mass is 536 g/mol. The molecule has 1 aliphatic heterocycles. The fraction of sp³-hybridized carbons (Fsp3) is 0.533. The van der Waals surface area contributed by atoms with Crippen LogP contribution in [0.3, 0.4) is 0 Å². The summed E-state index contributed by atoms with van der Waals surface area (Å²) in [6, 6.07) is 14.1. The van der Waals surface area contributed by atoms with E-state index in [-0.39, 0.29) is 34.7 Å². The Labute approximate surface area is 227 Å². The van der Waals surface area contributed by atoms with E-state index in [1.54, 1.807) is 0 Å². The zero-order valence-electron chi connectivity index (χ0n) is 22.8. The van der Waals surface area contributed by atoms with Gasteiger partial charge in [0.25, 0.3) is 0 Å². The number of nitriles is 1. The molecule has 8 heteroatoms. The van der Waals surface area contributed by atoms with E-state index in [9.17, 15) is 13.2 Å². The second kappa shape index (κ2) is 12.0. The van der Waals surface area contributed by atoms with Crippen molar-refractivity contribution in [3.63, 3.8) is 0 Å². The van der Waals surface area contributed by atoms with Crippen LogP contribution in [0.15, 0.2) is 47.4 Å². The minimum Gasteiger partial charge on any atom is -0.349 e. The van der Waals surface area contributed by atoms with Crippen LogP contribution in [-0.4, -0.2) is 37.8 Å². The minimum absolute atomic E-state index is 0.0463. The van der Waals surface area contributed by atoms with Crippen LogP contribution >= 0.6 is 0 Å². The first-order chi connectivity index (χ1) is 18.1. The molecule has 4 rings (SSSR count). The van der Waals surface area contributed by atoms with Crippen molar-refractivity contribution < 1.29 is 13.2 Å². The lowest BCUT2D eigenvalue weighted by molar-refractivity contribution is -0.123. The van der Waals surface area contributed by atoms with Gasteiger partial charge in [0.1, 0.15) is 0 Å². The first kappa shape index (κ1) is 28.3. The number of sulfonamides is 1. The average molecular weight is 537 g/mol. The predicted octanol–water partition coefficient (Wildman–Crippen LogP) is 4.82. The Morgan fingerprint density at radius 3 is 2.55 bits per heavy atom. The standard InChI is InChI=1S/C30H40N4O3S/c1-30(2,3)21-32-20-23-12-15-27-24(17-23)7-6-9-28(27)33-29(35)18-25-8-4-5-16-34(25)38(36,37)26-13-10-22(19-31)11-14-26/h10-15,17,25,28,32H,4-9,16,18,20-21H2,1-3H3,(H,33,35)/t25-,28+/m0/s1. The molecule has 0 unspecified atom stereocenters. The van der Waals surface area contributed by atoms with E-state index < -0.39 is 10.0 Å². The Hall–Kier alpha value is -2.73. The van der Waals surface area contributed by atoms with Gasteiger partial charge in [0.2, 0.25) is 15.9 Å². The van der Waals surface area contributed by atoms with Crippen LogP contribution in [0.4, 0.5) is 0 Å². The van der Waals surface area contributed by atoms with Crippen molar-refractivity contribution in [3.05, 3.63) is 64.7 Å². The molecular weight excluding hydrogens is 496 g/mol. The number of carbonyl (C=O) groups excluding carboxylic acids is 1. The van der Waals surface area contributed by atoms with Gasteiger partial charge in [-0.2, -0.15) is 9.57 Å². The number of amides is 1. The first-order valence-corrected chi connectivity index (χ1v) is 15.1. The molecule has 204 valence electrons. The second-order valence-electron chi connectivity index (χ2n) is 11.8. The smallest absolute Gasteiger partial charge is 0.243 e. The van der Waals surface area contributed by atoms with Crippen molar-refractivity contribution >= 4 is 15.9 Å². The molecule has 2 aliphatic rings. The van der Waals surface area contributed by atoms with Crippen molar-refractivity contribution in [2.45, 2.75) is 89.2 Å². The number of benzene rings is 2. The summed E-state index contributed by atoms with van der Waals surface area (Å²) < 4.78 is 28.3. The average Bonchev–Trinajstić information content (AvgIpc) is 2.88. The summed E-state index contributed by atoms with van der Waals surface area (Å²) in [6.07, 6.45) is 5.39. The number of nitrogens with one attached hydrogen (secondary N) is 2. The van der Waals surface area contributed by atoms with Gasteiger partial charge in [-0.1, -0.05) is 45.4 Å². The van der Waals surface area contributed by atoms with Crippen LogP contribution in [0.1, 0.15) is 87.6 Å². The largest absolute Gasteiger partial charge is 0.349 e. The van der Waals surface area contributed by atoms with E-state index in [0.717, 1.165) is 45.2 Å². The van der Waals surface area contributed by atoms with Gasteiger partial charge in [-0.3, -0.25) is 4.79 Å². The highest BCUT2D eigenvalue weighted by Crippen LogP contribution is 2.32. The molecule has 1 saturated heterocycles. The third kappa shape index (κ3) is 7.02. The van der Waals surface area contributed by atoms with Crippen LogP contribution in [0, 0.1) is 16.7 Å². The SMILES string of the molecule is CC(C)(C)CNCc1ccc2c(c1)CCC[C@H]2NC(=O)C[C@@H]1CCCCN1S(=O)(=O)c1ccc(C#N)cc1. The first-order valence-electron chi connectivity index (χ1n) is 13.7. The fourth-order valence-corrected chi connectivity index (χ4v) is 7.20. The molecule has 1 aliphatic carbocycles. The number of rotatable bonds is 8. The van der Waals surface area contributed by atoms with Crippen molar-refractivity contribution in [2.24, 2.45) is 5.41 Å². The normalized spacial score (nSPS) is 20.4. The Morgan fingerprint density at radius 2 is 1.84 bits per heavy atom. The predicted molar refractivity (Wildman–Crippen MR) is 149 cm³/mol. The molecular formula is C30H40N4O3S. The third-order valence-corrected chi connectivity index (χ3v) is 9.39. The van der Waals surface area contributed by atoms with Crippen LogP contribution in [0.25, 0.3) is 0 Å². The van der Waals surface area contributed by atoms with E-state index in [1.165, 1.54) is 45.3 Å². The molecule has 2 aromatic carbocycles. The maximum atomic E-state index is 13.4. The summed E-state index contributed by atoms with van der Waals surface area (Å²) in [6.45, 7) is 8.83. The van der Waals surface area contributed by atoms with Gasteiger partial charge in [0.15, 0.2) is 0 Å². The fourth-order valence-electron chi connectivity index (χ4n) is 5.51. The van der Waals surface area contributed by atoms with Crippen LogP contribution in [0.5, 0.6) is 0 Å². The Kier molecular flexibility index (Phi) is 8.92. The van der Waals surface area contributed by atoms with Gasteiger partial charge >= 0.3 is 0 Å². The van der Waals surface area contributed by atoms with Crippen molar-refractivity contribution in [1.82, 2.24) is 14.9 Å². The molecule has 38 heavy (non-hydrogen) atoms. The zero-order valence-corrected chi connectivity index (χ0v) is 23.6. The summed E-state index contributed by atoms with van der Waals surface area (Å²) in [4.78, 5) is 13.4. The molecule has 1 amide bonds. The minimum atomic E-state index is -3.75. The summed E-state index contributed by atoms with van der Waals surface area (Å²) in [5.74, 6) is -0.106. The van der Waals surface area contributed by atoms with Gasteiger partial charge in [-0.15, -0.1) is 0 Å². The van der Waals surface area contributed by atoms with Crippen LogP contribution in [-0.2, 0) is 27.8 Å². The summed E-state index contributed by atoms with van der Waals surface area (Å²) in [5, 5.41) is 15.8. The Balaban J connectivity index is 1.41. The van der Waals surface area contributed by atoms with Gasteiger partial charge in [-0.25, -0.2) is 8.42 Å². The molecule has 2 atom stereocenters. The quantitative estimate of drug-likeness (QED) is 0.504. The molecule has 0 aromatic heterocycles. The van der Waals surface area contributed by atoms with E-state index in [1.807, 2.05) is 6.07 Å². The molecule has 0 radical (unpaired) electrons. The third-order valence-electron chi connectivity index (χ3n) is 7.43. The van der Waals surface area contributed by atoms with E-state index >= 15 is 0 Å². The van der Waals surface area contributed by atoms with E-state index in [0.29, 0.717) is 18.5 Å². The van der Waals surface area contributed by atoms with Crippen molar-refractivity contribution in [3.8, 4) is 6.07 Å².